The number of aromatic nitrogens is 1. The fourth-order valence-electron chi connectivity index (χ4n) is 3.66. The number of hydrogen-bond acceptors (Lipinski definition) is 3. The smallest absolute Gasteiger partial charge is 0.315 e. The van der Waals surface area contributed by atoms with Gasteiger partial charge in [0.25, 0.3) is 0 Å². The Balaban J connectivity index is 1.50. The number of rotatable bonds is 4. The first-order chi connectivity index (χ1) is 12.2. The van der Waals surface area contributed by atoms with Gasteiger partial charge in [0, 0.05) is 6.20 Å². The van der Waals surface area contributed by atoms with E-state index in [1.165, 1.54) is 12.1 Å². The van der Waals surface area contributed by atoms with E-state index in [0.29, 0.717) is 5.69 Å². The lowest BCUT2D eigenvalue weighted by Gasteiger charge is -2.23. The fraction of sp³-hybridized carbons (Fsp3) is 0.368. The minimum atomic E-state index is -0.443. The van der Waals surface area contributed by atoms with E-state index in [2.05, 4.69) is 15.6 Å². The van der Waals surface area contributed by atoms with Gasteiger partial charge >= 0.3 is 6.03 Å². The van der Waals surface area contributed by atoms with Crippen LogP contribution in [0.15, 0.2) is 48.7 Å². The predicted octanol–water partition coefficient (Wildman–Crippen LogP) is 2.93. The lowest BCUT2D eigenvalue weighted by atomic mass is 9.96. The van der Waals surface area contributed by atoms with Crippen molar-refractivity contribution in [2.45, 2.75) is 43.6 Å². The maximum Gasteiger partial charge on any atom is 0.315 e. The van der Waals surface area contributed by atoms with Crippen LogP contribution in [0.1, 0.15) is 36.6 Å². The zero-order valence-electron chi connectivity index (χ0n) is 13.7. The van der Waals surface area contributed by atoms with Crippen molar-refractivity contribution in [2.24, 2.45) is 0 Å². The minimum Gasteiger partial charge on any atom is -0.373 e. The normalized spacial score (nSPS) is 25.6. The fourth-order valence-corrected chi connectivity index (χ4v) is 3.66. The first kappa shape index (κ1) is 16.0. The Bertz CT molecular complexity index is 738. The number of nitrogens with one attached hydrogen (secondary N) is 2. The maximum atomic E-state index is 13.2. The lowest BCUT2D eigenvalue weighted by Crippen LogP contribution is -2.47. The van der Waals surface area contributed by atoms with Crippen LogP contribution in [0.3, 0.4) is 0 Å². The second kappa shape index (κ2) is 6.80. The van der Waals surface area contributed by atoms with E-state index in [-0.39, 0.29) is 30.1 Å². The first-order valence-corrected chi connectivity index (χ1v) is 8.58. The Morgan fingerprint density at radius 3 is 2.68 bits per heavy atom. The number of urea groups is 1. The van der Waals surface area contributed by atoms with E-state index in [1.807, 2.05) is 18.2 Å². The number of ether oxygens (including phenoxy) is 1. The molecule has 3 heterocycles. The predicted molar refractivity (Wildman–Crippen MR) is 90.4 cm³/mol. The van der Waals surface area contributed by atoms with E-state index in [1.54, 1.807) is 18.3 Å². The summed E-state index contributed by atoms with van der Waals surface area (Å²) in [6.07, 6.45) is 5.01. The van der Waals surface area contributed by atoms with Gasteiger partial charge in [-0.2, -0.15) is 0 Å². The number of benzene rings is 1. The molecule has 4 rings (SSSR count). The average molecular weight is 341 g/mol. The highest BCUT2D eigenvalue weighted by Crippen LogP contribution is 2.34. The molecule has 2 aliphatic heterocycles. The molecule has 0 unspecified atom stereocenters. The topological polar surface area (TPSA) is 63.2 Å². The van der Waals surface area contributed by atoms with Crippen molar-refractivity contribution in [1.82, 2.24) is 15.6 Å². The van der Waals surface area contributed by atoms with Gasteiger partial charge in [-0.1, -0.05) is 18.2 Å². The molecule has 2 fully saturated rings. The van der Waals surface area contributed by atoms with Gasteiger partial charge in [0.05, 0.1) is 30.0 Å². The molecule has 2 bridgehead atoms. The largest absolute Gasteiger partial charge is 0.373 e. The number of nitrogens with zero attached hydrogens (tertiary/aromatic N) is 1. The number of fused-ring (bicyclic) bond motifs is 2. The van der Waals surface area contributed by atoms with Gasteiger partial charge in [0.1, 0.15) is 5.82 Å². The minimum absolute atomic E-state index is 0.0522. The molecule has 1 aromatic carbocycles. The number of amides is 2. The van der Waals surface area contributed by atoms with Gasteiger partial charge in [-0.05, 0) is 49.1 Å². The molecule has 1 aromatic heterocycles. The maximum absolute atomic E-state index is 13.2. The van der Waals surface area contributed by atoms with Crippen LogP contribution in [0.5, 0.6) is 0 Å². The summed E-state index contributed by atoms with van der Waals surface area (Å²) < 4.78 is 19.0. The van der Waals surface area contributed by atoms with Gasteiger partial charge in [0.15, 0.2) is 0 Å². The highest BCUT2D eigenvalue weighted by Gasteiger charge is 2.41. The third-order valence-electron chi connectivity index (χ3n) is 4.88. The third kappa shape index (κ3) is 3.49. The molecule has 2 aliphatic rings. The summed E-state index contributed by atoms with van der Waals surface area (Å²) in [5.74, 6) is -0.313. The highest BCUT2D eigenvalue weighted by molar-refractivity contribution is 5.75. The van der Waals surface area contributed by atoms with Crippen LogP contribution in [-0.4, -0.2) is 29.3 Å². The summed E-state index contributed by atoms with van der Waals surface area (Å²) in [5.41, 5.74) is 1.48. The molecule has 2 saturated heterocycles. The Morgan fingerprint density at radius 2 is 2.04 bits per heavy atom. The Labute approximate surface area is 145 Å². The van der Waals surface area contributed by atoms with E-state index in [4.69, 9.17) is 4.74 Å². The molecule has 0 aliphatic carbocycles. The van der Waals surface area contributed by atoms with E-state index in [9.17, 15) is 9.18 Å². The van der Waals surface area contributed by atoms with Crippen LogP contribution in [-0.2, 0) is 4.74 Å². The molecule has 0 saturated carbocycles. The monoisotopic (exact) mass is 341 g/mol. The Kier molecular flexibility index (Phi) is 4.36. The second-order valence-corrected chi connectivity index (χ2v) is 6.57. The van der Waals surface area contributed by atoms with E-state index in [0.717, 1.165) is 24.8 Å². The van der Waals surface area contributed by atoms with Crippen molar-refractivity contribution in [3.63, 3.8) is 0 Å². The molecule has 25 heavy (non-hydrogen) atoms. The van der Waals surface area contributed by atoms with Crippen LogP contribution < -0.4 is 10.6 Å². The Hall–Kier alpha value is -2.47. The zero-order chi connectivity index (χ0) is 17.2. The average Bonchev–Trinajstić information content (AvgIpc) is 3.24. The molecule has 4 atom stereocenters. The summed E-state index contributed by atoms with van der Waals surface area (Å²) in [6, 6.07) is 11.0. The number of hydrogen-bond donors (Lipinski definition) is 2. The third-order valence-corrected chi connectivity index (χ3v) is 4.88. The van der Waals surface area contributed by atoms with Gasteiger partial charge in [-0.25, -0.2) is 9.18 Å². The van der Waals surface area contributed by atoms with Crippen LogP contribution in [0.4, 0.5) is 9.18 Å². The van der Waals surface area contributed by atoms with E-state index < -0.39 is 6.04 Å². The molecule has 2 aromatic rings. The molecule has 0 spiro atoms. The van der Waals surface area contributed by atoms with Crippen LogP contribution >= 0.6 is 0 Å². The van der Waals surface area contributed by atoms with Gasteiger partial charge < -0.3 is 15.4 Å². The second-order valence-electron chi connectivity index (χ2n) is 6.57. The zero-order valence-corrected chi connectivity index (χ0v) is 13.7. The van der Waals surface area contributed by atoms with Crippen LogP contribution in [0.2, 0.25) is 0 Å². The molecule has 2 N–H and O–H groups in total. The van der Waals surface area contributed by atoms with Gasteiger partial charge in [0.2, 0.25) is 0 Å². The van der Waals surface area contributed by atoms with Crippen molar-refractivity contribution < 1.29 is 13.9 Å². The molecule has 6 heteroatoms. The molecular formula is C19H20FN3O2. The summed E-state index contributed by atoms with van der Waals surface area (Å²) in [5, 5.41) is 5.98. The standard InChI is InChI=1S/C19H20FN3O2/c20-13-6-4-12(5-7-13)18(15-3-1-2-10-21-15)23-19(24)22-16-11-14-8-9-17(16)25-14/h1-7,10,14,16-18H,8-9,11H2,(H2,22,23,24)/t14-,16-,17-,18-/m1/s1. The van der Waals surface area contributed by atoms with E-state index >= 15 is 0 Å². The van der Waals surface area contributed by atoms with Crippen molar-refractivity contribution >= 4 is 6.03 Å². The molecule has 130 valence electrons. The number of carbonyl (C=O) groups is 1. The molecule has 0 radical (unpaired) electrons. The molecule has 2 amide bonds. The van der Waals surface area contributed by atoms with Crippen molar-refractivity contribution in [3.05, 3.63) is 65.7 Å². The quantitative estimate of drug-likeness (QED) is 0.899. The number of halogens is 1. The highest BCUT2D eigenvalue weighted by atomic mass is 19.1. The summed E-state index contributed by atoms with van der Waals surface area (Å²) in [4.78, 5) is 16.9. The van der Waals surface area contributed by atoms with Crippen molar-refractivity contribution in [1.29, 1.82) is 0 Å². The van der Waals surface area contributed by atoms with Crippen molar-refractivity contribution in [2.75, 3.05) is 0 Å². The first-order valence-electron chi connectivity index (χ1n) is 8.58. The molecular weight excluding hydrogens is 321 g/mol. The van der Waals surface area contributed by atoms with Crippen LogP contribution in [0, 0.1) is 5.82 Å². The van der Waals surface area contributed by atoms with Gasteiger partial charge in [-0.3, -0.25) is 4.98 Å². The number of carbonyl (C=O) groups excluding carboxylic acids is 1. The number of pyridine rings is 1. The Morgan fingerprint density at radius 1 is 1.20 bits per heavy atom. The van der Waals surface area contributed by atoms with Crippen molar-refractivity contribution in [3.8, 4) is 0 Å². The van der Waals surface area contributed by atoms with Gasteiger partial charge in [-0.15, -0.1) is 0 Å². The summed E-state index contributed by atoms with van der Waals surface area (Å²) in [7, 11) is 0. The summed E-state index contributed by atoms with van der Waals surface area (Å²) >= 11 is 0. The van der Waals surface area contributed by atoms with Crippen LogP contribution in [0.25, 0.3) is 0 Å². The SMILES string of the molecule is O=C(N[C@H](c1ccc(F)cc1)c1ccccn1)N[C@@H]1C[C@H]2CC[C@H]1O2. The lowest BCUT2D eigenvalue weighted by molar-refractivity contribution is 0.0980. The summed E-state index contributed by atoms with van der Waals surface area (Å²) in [6.45, 7) is 0. The molecule has 5 nitrogen and oxygen atoms in total.